The lowest BCUT2D eigenvalue weighted by molar-refractivity contribution is 0.0461. The fraction of sp³-hybridized carbons (Fsp3) is 0.200. The molecule has 4 heteroatoms. The minimum Gasteiger partial charge on any atom is -0.462 e. The molecule has 0 bridgehead atoms. The summed E-state index contributed by atoms with van der Waals surface area (Å²) < 4.78 is 6.44. The van der Waals surface area contributed by atoms with Crippen molar-refractivity contribution in [3.05, 3.63) is 64.6 Å². The summed E-state index contributed by atoms with van der Waals surface area (Å²) in [6, 6.07) is 17.3. The highest BCUT2D eigenvalue weighted by Gasteiger charge is 2.15. The van der Waals surface area contributed by atoms with Crippen molar-refractivity contribution >= 4 is 32.8 Å². The second-order valence-corrected chi connectivity index (χ2v) is 6.99. The van der Waals surface area contributed by atoms with Gasteiger partial charge < -0.3 is 4.74 Å². The van der Waals surface area contributed by atoms with Crippen molar-refractivity contribution in [2.75, 3.05) is 6.61 Å². The van der Waals surface area contributed by atoms with E-state index >= 15 is 0 Å². The first-order chi connectivity index (χ1) is 11.5. The molecule has 3 rings (SSSR count). The first-order valence-electron chi connectivity index (χ1n) is 7.87. The number of carbonyl (C=O) groups is 1. The summed E-state index contributed by atoms with van der Waals surface area (Å²) in [5, 5.41) is 0.812. The zero-order chi connectivity index (χ0) is 17.1. The van der Waals surface area contributed by atoms with Gasteiger partial charge in [-0.15, -0.1) is 0 Å². The molecule has 1 heterocycles. The van der Waals surface area contributed by atoms with Crippen molar-refractivity contribution in [2.24, 2.45) is 5.92 Å². The Bertz CT molecular complexity index is 872. The van der Waals surface area contributed by atoms with Gasteiger partial charge in [0.1, 0.15) is 0 Å². The fourth-order valence-electron chi connectivity index (χ4n) is 2.43. The highest BCUT2D eigenvalue weighted by atomic mass is 79.9. The van der Waals surface area contributed by atoms with E-state index in [9.17, 15) is 4.79 Å². The molecule has 2 aromatic carbocycles. The number of esters is 1. The zero-order valence-corrected chi connectivity index (χ0v) is 15.2. The minimum atomic E-state index is -0.305. The van der Waals surface area contributed by atoms with E-state index in [0.717, 1.165) is 26.6 Å². The van der Waals surface area contributed by atoms with Crippen molar-refractivity contribution in [3.8, 4) is 11.3 Å². The van der Waals surface area contributed by atoms with E-state index in [1.54, 1.807) is 0 Å². The SMILES string of the molecule is CC(C)COC(=O)c1cc(-c2ccc(Br)cc2)nc2ccccc12. The molecule has 0 aliphatic heterocycles. The number of para-hydroxylation sites is 1. The normalized spacial score (nSPS) is 11.0. The number of carbonyl (C=O) groups excluding carboxylic acids is 1. The van der Waals surface area contributed by atoms with Crippen LogP contribution in [-0.2, 0) is 4.74 Å². The highest BCUT2D eigenvalue weighted by molar-refractivity contribution is 9.10. The molecule has 3 nitrogen and oxygen atoms in total. The maximum Gasteiger partial charge on any atom is 0.338 e. The number of fused-ring (bicyclic) bond motifs is 1. The Balaban J connectivity index is 2.09. The molecule has 0 atom stereocenters. The molecular formula is C20H18BrNO2. The van der Waals surface area contributed by atoms with Gasteiger partial charge in [0.25, 0.3) is 0 Å². The Morgan fingerprint density at radius 1 is 1.12 bits per heavy atom. The molecule has 0 amide bonds. The number of aromatic nitrogens is 1. The summed E-state index contributed by atoms with van der Waals surface area (Å²) >= 11 is 3.43. The average molecular weight is 384 g/mol. The van der Waals surface area contributed by atoms with Gasteiger partial charge in [0, 0.05) is 15.4 Å². The maximum atomic E-state index is 12.5. The second kappa shape index (κ2) is 7.14. The van der Waals surface area contributed by atoms with Crippen LogP contribution in [0.4, 0.5) is 0 Å². The number of nitrogens with zero attached hydrogens (tertiary/aromatic N) is 1. The molecule has 3 aromatic rings. The molecule has 0 aliphatic carbocycles. The van der Waals surface area contributed by atoms with E-state index in [1.165, 1.54) is 0 Å². The lowest BCUT2D eigenvalue weighted by Gasteiger charge is -2.11. The van der Waals surface area contributed by atoms with E-state index in [0.29, 0.717) is 18.1 Å². The van der Waals surface area contributed by atoms with Crippen LogP contribution in [0.3, 0.4) is 0 Å². The van der Waals surface area contributed by atoms with Crippen molar-refractivity contribution in [2.45, 2.75) is 13.8 Å². The average Bonchev–Trinajstić information content (AvgIpc) is 2.59. The number of pyridine rings is 1. The number of benzene rings is 2. The summed E-state index contributed by atoms with van der Waals surface area (Å²) in [5.74, 6) is -0.00587. The molecule has 0 spiro atoms. The zero-order valence-electron chi connectivity index (χ0n) is 13.6. The summed E-state index contributed by atoms with van der Waals surface area (Å²) in [6.07, 6.45) is 0. The maximum absolute atomic E-state index is 12.5. The van der Waals surface area contributed by atoms with Crippen LogP contribution in [0.5, 0.6) is 0 Å². The summed E-state index contributed by atoms with van der Waals surface area (Å²) in [5.41, 5.74) is 3.06. The summed E-state index contributed by atoms with van der Waals surface area (Å²) in [4.78, 5) is 17.2. The fourth-order valence-corrected chi connectivity index (χ4v) is 2.70. The molecule has 0 saturated carbocycles. The molecule has 0 fully saturated rings. The third kappa shape index (κ3) is 3.65. The smallest absolute Gasteiger partial charge is 0.338 e. The van der Waals surface area contributed by atoms with Crippen LogP contribution < -0.4 is 0 Å². The third-order valence-electron chi connectivity index (χ3n) is 3.62. The van der Waals surface area contributed by atoms with Crippen LogP contribution in [0.15, 0.2) is 59.1 Å². The van der Waals surface area contributed by atoms with Crippen LogP contribution in [-0.4, -0.2) is 17.6 Å². The number of hydrogen-bond donors (Lipinski definition) is 0. The van der Waals surface area contributed by atoms with E-state index in [1.807, 2.05) is 68.4 Å². The molecular weight excluding hydrogens is 366 g/mol. The van der Waals surface area contributed by atoms with Crippen LogP contribution in [0, 0.1) is 5.92 Å². The number of ether oxygens (including phenoxy) is 1. The Kier molecular flexibility index (Phi) is 4.95. The van der Waals surface area contributed by atoms with Gasteiger partial charge in [0.2, 0.25) is 0 Å². The first-order valence-corrected chi connectivity index (χ1v) is 8.67. The van der Waals surface area contributed by atoms with Gasteiger partial charge in [-0.1, -0.05) is 60.1 Å². The molecule has 0 radical (unpaired) electrons. The Labute approximate surface area is 149 Å². The van der Waals surface area contributed by atoms with Gasteiger partial charge in [-0.05, 0) is 30.2 Å². The first kappa shape index (κ1) is 16.7. The van der Waals surface area contributed by atoms with E-state index in [-0.39, 0.29) is 5.97 Å². The second-order valence-electron chi connectivity index (χ2n) is 6.07. The van der Waals surface area contributed by atoms with Crippen molar-refractivity contribution < 1.29 is 9.53 Å². The molecule has 1 aromatic heterocycles. The van der Waals surface area contributed by atoms with Crippen LogP contribution in [0.25, 0.3) is 22.2 Å². The van der Waals surface area contributed by atoms with Crippen molar-refractivity contribution in [1.82, 2.24) is 4.98 Å². The summed E-state index contributed by atoms with van der Waals surface area (Å²) in [7, 11) is 0. The monoisotopic (exact) mass is 383 g/mol. The van der Waals surface area contributed by atoms with Gasteiger partial charge in [-0.25, -0.2) is 9.78 Å². The molecule has 0 aliphatic rings. The summed E-state index contributed by atoms with van der Waals surface area (Å²) in [6.45, 7) is 4.44. The lowest BCUT2D eigenvalue weighted by atomic mass is 10.0. The number of hydrogen-bond acceptors (Lipinski definition) is 3. The van der Waals surface area contributed by atoms with Gasteiger partial charge >= 0.3 is 5.97 Å². The van der Waals surface area contributed by atoms with Gasteiger partial charge in [0.15, 0.2) is 0 Å². The van der Waals surface area contributed by atoms with Crippen molar-refractivity contribution in [3.63, 3.8) is 0 Å². The largest absolute Gasteiger partial charge is 0.462 e. The molecule has 0 unspecified atom stereocenters. The van der Waals surface area contributed by atoms with E-state index in [2.05, 4.69) is 15.9 Å². The van der Waals surface area contributed by atoms with Gasteiger partial charge in [-0.3, -0.25) is 0 Å². The highest BCUT2D eigenvalue weighted by Crippen LogP contribution is 2.26. The number of halogens is 1. The van der Waals surface area contributed by atoms with Gasteiger partial charge in [0.05, 0.1) is 23.4 Å². The Morgan fingerprint density at radius 3 is 2.54 bits per heavy atom. The number of rotatable bonds is 4. The topological polar surface area (TPSA) is 39.2 Å². The standard InChI is InChI=1S/C20H18BrNO2/c1-13(2)12-24-20(23)17-11-19(14-7-9-15(21)10-8-14)22-18-6-4-3-5-16(17)18/h3-11,13H,12H2,1-2H3. The quantitative estimate of drug-likeness (QED) is 0.560. The van der Waals surface area contributed by atoms with E-state index < -0.39 is 0 Å². The lowest BCUT2D eigenvalue weighted by Crippen LogP contribution is -2.11. The van der Waals surface area contributed by atoms with Crippen LogP contribution in [0.2, 0.25) is 0 Å². The molecule has 0 saturated heterocycles. The molecule has 24 heavy (non-hydrogen) atoms. The van der Waals surface area contributed by atoms with E-state index in [4.69, 9.17) is 9.72 Å². The van der Waals surface area contributed by atoms with Gasteiger partial charge in [-0.2, -0.15) is 0 Å². The molecule has 122 valence electrons. The van der Waals surface area contributed by atoms with Crippen molar-refractivity contribution in [1.29, 1.82) is 0 Å². The predicted molar refractivity (Wildman–Crippen MR) is 100.0 cm³/mol. The minimum absolute atomic E-state index is 0.299. The Morgan fingerprint density at radius 2 is 1.83 bits per heavy atom. The van der Waals surface area contributed by atoms with Crippen LogP contribution >= 0.6 is 15.9 Å². The molecule has 0 N–H and O–H groups in total. The third-order valence-corrected chi connectivity index (χ3v) is 4.15. The Hall–Kier alpha value is -2.20. The van der Waals surface area contributed by atoms with Crippen LogP contribution in [0.1, 0.15) is 24.2 Å². The predicted octanol–water partition coefficient (Wildman–Crippen LogP) is 5.48.